The van der Waals surface area contributed by atoms with Gasteiger partial charge in [0.1, 0.15) is 16.2 Å². The van der Waals surface area contributed by atoms with E-state index in [4.69, 9.17) is 9.72 Å². The summed E-state index contributed by atoms with van der Waals surface area (Å²) in [5.74, 6) is 0.583. The highest BCUT2D eigenvalue weighted by Crippen LogP contribution is 2.32. The Balaban J connectivity index is 1.80. The van der Waals surface area contributed by atoms with Gasteiger partial charge in [0, 0.05) is 39.3 Å². The maximum atomic E-state index is 13.7. The van der Waals surface area contributed by atoms with Gasteiger partial charge in [0.25, 0.3) is 5.91 Å². The summed E-state index contributed by atoms with van der Waals surface area (Å²) in [6, 6.07) is 3.68. The smallest absolute Gasteiger partial charge is 0.260 e. The van der Waals surface area contributed by atoms with Gasteiger partial charge < -0.3 is 19.9 Å². The number of thiazole rings is 1. The highest BCUT2D eigenvalue weighted by Gasteiger charge is 2.28. The van der Waals surface area contributed by atoms with Crippen molar-refractivity contribution in [2.45, 2.75) is 6.92 Å². The predicted octanol–water partition coefficient (Wildman–Crippen LogP) is 2.47. The number of carbonyl (C=O) groups excluding carboxylic acids is 1. The summed E-state index contributed by atoms with van der Waals surface area (Å²) in [5, 5.41) is 3.70. The second kappa shape index (κ2) is 9.09. The van der Waals surface area contributed by atoms with Gasteiger partial charge in [-0.1, -0.05) is 12.7 Å². The molecular formula is C24H27N5O3S. The Labute approximate surface area is 195 Å². The summed E-state index contributed by atoms with van der Waals surface area (Å²) in [6.45, 7) is 11.3. The van der Waals surface area contributed by atoms with Crippen molar-refractivity contribution in [3.63, 3.8) is 0 Å². The van der Waals surface area contributed by atoms with Crippen LogP contribution in [0.4, 0.5) is 5.82 Å². The number of carbonyl (C=O) groups is 1. The second-order valence-corrected chi connectivity index (χ2v) is 9.11. The van der Waals surface area contributed by atoms with Gasteiger partial charge in [-0.3, -0.25) is 14.0 Å². The lowest BCUT2D eigenvalue weighted by Gasteiger charge is -2.28. The summed E-state index contributed by atoms with van der Waals surface area (Å²) in [5.41, 5.74) is 1.39. The number of pyridine rings is 2. The molecule has 8 nitrogen and oxygen atoms in total. The Morgan fingerprint density at radius 2 is 1.97 bits per heavy atom. The number of piperazine rings is 1. The minimum atomic E-state index is -0.265. The first-order valence-electron chi connectivity index (χ1n) is 11.2. The third-order valence-electron chi connectivity index (χ3n) is 6.12. The zero-order chi connectivity index (χ0) is 22.9. The van der Waals surface area contributed by atoms with E-state index >= 15 is 0 Å². The van der Waals surface area contributed by atoms with Crippen LogP contribution in [0.3, 0.4) is 0 Å². The van der Waals surface area contributed by atoms with Crippen molar-refractivity contribution in [1.82, 2.24) is 19.6 Å². The maximum Gasteiger partial charge on any atom is 0.260 e. The van der Waals surface area contributed by atoms with Crippen LogP contribution in [-0.4, -0.2) is 72.7 Å². The average molecular weight is 466 g/mol. The fourth-order valence-corrected chi connectivity index (χ4v) is 5.57. The van der Waals surface area contributed by atoms with Gasteiger partial charge in [-0.15, -0.1) is 11.3 Å². The van der Waals surface area contributed by atoms with Gasteiger partial charge >= 0.3 is 0 Å². The molecule has 172 valence electrons. The van der Waals surface area contributed by atoms with Crippen LogP contribution in [0.15, 0.2) is 29.6 Å². The summed E-state index contributed by atoms with van der Waals surface area (Å²) < 4.78 is 7.43. The Morgan fingerprint density at radius 1 is 1.21 bits per heavy atom. The molecule has 3 aromatic heterocycles. The van der Waals surface area contributed by atoms with E-state index in [1.807, 2.05) is 29.5 Å². The SMILES string of the molecule is C=Cc1sc2c(C(=O)N3CCNCC3)c(=O)c3ccc(N4CCOCC4)nc3n2c1/C=C\C. The van der Waals surface area contributed by atoms with Crippen molar-refractivity contribution in [3.8, 4) is 0 Å². The van der Waals surface area contributed by atoms with Crippen LogP contribution < -0.4 is 15.6 Å². The lowest BCUT2D eigenvalue weighted by atomic mass is 10.1. The van der Waals surface area contributed by atoms with Gasteiger partial charge in [-0.25, -0.2) is 4.98 Å². The van der Waals surface area contributed by atoms with Crippen LogP contribution in [0.2, 0.25) is 0 Å². The molecule has 2 aliphatic rings. The molecule has 9 heteroatoms. The Kier molecular flexibility index (Phi) is 6.01. The number of anilines is 1. The molecule has 0 radical (unpaired) electrons. The number of aromatic nitrogens is 2. The number of ether oxygens (including phenoxy) is 1. The topological polar surface area (TPSA) is 79.2 Å². The predicted molar refractivity (Wildman–Crippen MR) is 133 cm³/mol. The van der Waals surface area contributed by atoms with Gasteiger partial charge in [-0.05, 0) is 31.2 Å². The number of nitrogens with one attached hydrogen (secondary N) is 1. The summed E-state index contributed by atoms with van der Waals surface area (Å²) in [6.07, 6.45) is 5.70. The molecule has 33 heavy (non-hydrogen) atoms. The first-order valence-corrected chi connectivity index (χ1v) is 12.1. The van der Waals surface area contributed by atoms with Gasteiger partial charge in [0.2, 0.25) is 5.43 Å². The van der Waals surface area contributed by atoms with Crippen molar-refractivity contribution in [2.24, 2.45) is 0 Å². The Bertz CT molecular complexity index is 1310. The molecule has 0 bridgehead atoms. The number of rotatable bonds is 4. The normalized spacial score (nSPS) is 17.4. The lowest BCUT2D eigenvalue weighted by Crippen LogP contribution is -2.47. The van der Waals surface area contributed by atoms with E-state index in [0.29, 0.717) is 42.2 Å². The fraction of sp³-hybridized carbons (Fsp3) is 0.375. The zero-order valence-corrected chi connectivity index (χ0v) is 19.5. The van der Waals surface area contributed by atoms with Gasteiger partial charge in [-0.2, -0.15) is 0 Å². The van der Waals surface area contributed by atoms with E-state index in [-0.39, 0.29) is 16.9 Å². The minimum Gasteiger partial charge on any atom is -0.378 e. The lowest BCUT2D eigenvalue weighted by molar-refractivity contribution is 0.0736. The molecule has 0 unspecified atom stereocenters. The van der Waals surface area contributed by atoms with E-state index < -0.39 is 0 Å². The Morgan fingerprint density at radius 3 is 2.67 bits per heavy atom. The van der Waals surface area contributed by atoms with Crippen LogP contribution in [0.5, 0.6) is 0 Å². The van der Waals surface area contributed by atoms with Crippen molar-refractivity contribution < 1.29 is 9.53 Å². The molecule has 2 fully saturated rings. The van der Waals surface area contributed by atoms with E-state index in [2.05, 4.69) is 16.8 Å². The third kappa shape index (κ3) is 3.76. The quantitative estimate of drug-likeness (QED) is 0.638. The highest BCUT2D eigenvalue weighted by atomic mass is 32.1. The van der Waals surface area contributed by atoms with E-state index in [0.717, 1.165) is 42.6 Å². The van der Waals surface area contributed by atoms with Crippen LogP contribution in [-0.2, 0) is 4.74 Å². The molecule has 0 saturated carbocycles. The summed E-state index contributed by atoms with van der Waals surface area (Å²) in [4.78, 5) is 37.6. The van der Waals surface area contributed by atoms with Gasteiger partial charge in [0.15, 0.2) is 5.65 Å². The summed E-state index contributed by atoms with van der Waals surface area (Å²) in [7, 11) is 0. The largest absolute Gasteiger partial charge is 0.378 e. The number of fused-ring (bicyclic) bond motifs is 3. The van der Waals surface area contributed by atoms with Crippen molar-refractivity contribution >= 4 is 51.1 Å². The molecule has 1 N–H and O–H groups in total. The van der Waals surface area contributed by atoms with Crippen molar-refractivity contribution in [1.29, 1.82) is 0 Å². The first kappa shape index (κ1) is 21.8. The molecule has 0 aliphatic carbocycles. The number of amides is 1. The molecule has 3 aromatic rings. The molecule has 1 amide bonds. The second-order valence-electron chi connectivity index (χ2n) is 8.08. The number of hydrogen-bond donors (Lipinski definition) is 1. The van der Waals surface area contributed by atoms with Crippen molar-refractivity contribution in [3.05, 3.63) is 51.1 Å². The van der Waals surface area contributed by atoms with Crippen LogP contribution in [0.25, 0.3) is 28.0 Å². The van der Waals surface area contributed by atoms with E-state index in [1.165, 1.54) is 11.3 Å². The Hall–Kier alpha value is -3.01. The highest BCUT2D eigenvalue weighted by molar-refractivity contribution is 7.19. The average Bonchev–Trinajstić information content (AvgIpc) is 3.23. The van der Waals surface area contributed by atoms with E-state index in [1.54, 1.807) is 17.0 Å². The van der Waals surface area contributed by atoms with Crippen LogP contribution >= 0.6 is 11.3 Å². The van der Waals surface area contributed by atoms with Crippen LogP contribution in [0, 0.1) is 0 Å². The monoisotopic (exact) mass is 465 g/mol. The van der Waals surface area contributed by atoms with Crippen molar-refractivity contribution in [2.75, 3.05) is 57.4 Å². The molecule has 5 rings (SSSR count). The third-order valence-corrected chi connectivity index (χ3v) is 7.30. The maximum absolute atomic E-state index is 13.7. The molecule has 2 aliphatic heterocycles. The standard InChI is InChI=1S/C24H27N5O3S/c1-3-5-17-18(4-2)33-24-20(23(31)28-10-8-25-9-11-28)21(30)16-6-7-19(26-22(16)29(17)24)27-12-14-32-15-13-27/h3-7,25H,2,8-15H2,1H3/b5-3-. The molecule has 0 spiro atoms. The number of morpholine rings is 1. The molecular weight excluding hydrogens is 438 g/mol. The minimum absolute atomic E-state index is 0.217. The molecule has 0 atom stereocenters. The fourth-order valence-electron chi connectivity index (χ4n) is 4.46. The zero-order valence-electron chi connectivity index (χ0n) is 18.7. The number of nitrogens with zero attached hydrogens (tertiary/aromatic N) is 4. The van der Waals surface area contributed by atoms with Gasteiger partial charge in [0.05, 0.1) is 29.2 Å². The molecule has 2 saturated heterocycles. The molecule has 0 aromatic carbocycles. The summed E-state index contributed by atoms with van der Waals surface area (Å²) >= 11 is 1.41. The number of allylic oxidation sites excluding steroid dienone is 1. The number of hydrogen-bond acceptors (Lipinski definition) is 7. The van der Waals surface area contributed by atoms with Crippen LogP contribution in [0.1, 0.15) is 27.9 Å². The molecule has 5 heterocycles. The van der Waals surface area contributed by atoms with E-state index in [9.17, 15) is 9.59 Å². The first-order chi connectivity index (χ1) is 16.1.